The molecule has 3 aromatic heterocycles. The number of hydrogen-bond donors (Lipinski definition) is 2. The number of ether oxygens (including phenoxy) is 1. The van der Waals surface area contributed by atoms with Crippen molar-refractivity contribution < 1.29 is 23.8 Å². The van der Waals surface area contributed by atoms with E-state index in [0.717, 1.165) is 0 Å². The molecule has 0 saturated carbocycles. The fourth-order valence-corrected chi connectivity index (χ4v) is 3.90. The van der Waals surface area contributed by atoms with Crippen LogP contribution in [0.15, 0.2) is 49.2 Å². The van der Waals surface area contributed by atoms with E-state index in [4.69, 9.17) is 4.74 Å². The molecule has 1 aliphatic rings. The molecule has 0 aliphatic carbocycles. The summed E-state index contributed by atoms with van der Waals surface area (Å²) in [5.41, 5.74) is 0.277. The summed E-state index contributed by atoms with van der Waals surface area (Å²) in [5.74, 6) is -0.239. The zero-order valence-corrected chi connectivity index (χ0v) is 19.8. The van der Waals surface area contributed by atoms with Crippen molar-refractivity contribution in [2.45, 2.75) is 32.2 Å². The molecule has 1 aromatic carbocycles. The molecule has 2 N–H and O–H groups in total. The number of nitrogens with one attached hydrogen (secondary N) is 1. The number of aliphatic hydroxyl groups is 1. The van der Waals surface area contributed by atoms with Gasteiger partial charge in [0, 0.05) is 31.5 Å². The van der Waals surface area contributed by atoms with Gasteiger partial charge in [-0.1, -0.05) is 0 Å². The second-order valence-corrected chi connectivity index (χ2v) is 9.16. The van der Waals surface area contributed by atoms with Crippen molar-refractivity contribution in [3.05, 3.63) is 65.9 Å². The largest absolute Gasteiger partial charge is 0.452 e. The third-order valence-corrected chi connectivity index (χ3v) is 5.91. The third kappa shape index (κ3) is 4.38. The van der Waals surface area contributed by atoms with Crippen molar-refractivity contribution in [2.75, 3.05) is 11.9 Å². The second kappa shape index (κ2) is 8.72. The molecule has 4 heterocycles. The molecule has 4 aromatic rings. The smallest absolute Gasteiger partial charge is 0.261 e. The summed E-state index contributed by atoms with van der Waals surface area (Å²) in [6, 6.07) is 4.85. The fourth-order valence-electron chi connectivity index (χ4n) is 3.90. The monoisotopic (exact) mass is 493 g/mol. The molecular formula is C24H24FN7O4. The average molecular weight is 493 g/mol. The van der Waals surface area contributed by atoms with Crippen LogP contribution in [0.5, 0.6) is 11.5 Å². The molecule has 0 saturated heterocycles. The Morgan fingerprint density at radius 2 is 2.11 bits per heavy atom. The molecule has 2 amide bonds. The van der Waals surface area contributed by atoms with Crippen LogP contribution in [0.3, 0.4) is 0 Å². The number of alkyl halides is 1. The zero-order chi connectivity index (χ0) is 25.6. The number of carbonyl (C=O) groups excluding carboxylic acids is 2. The van der Waals surface area contributed by atoms with Gasteiger partial charge in [-0.05, 0) is 37.6 Å². The maximum atomic E-state index is 14.5. The Bertz CT molecular complexity index is 1470. The van der Waals surface area contributed by atoms with Crippen molar-refractivity contribution in [3.63, 3.8) is 0 Å². The first-order valence-electron chi connectivity index (χ1n) is 11.2. The summed E-state index contributed by atoms with van der Waals surface area (Å²) in [4.78, 5) is 31.7. The zero-order valence-electron chi connectivity index (χ0n) is 19.8. The van der Waals surface area contributed by atoms with Crippen molar-refractivity contribution in [1.82, 2.24) is 29.3 Å². The Kier molecular flexibility index (Phi) is 5.67. The molecule has 0 fully saturated rings. The highest BCUT2D eigenvalue weighted by Gasteiger charge is 2.35. The molecule has 1 atom stereocenters. The van der Waals surface area contributed by atoms with Gasteiger partial charge in [0.2, 0.25) is 0 Å². The highest BCUT2D eigenvalue weighted by Crippen LogP contribution is 2.37. The molecule has 1 unspecified atom stereocenters. The molecule has 36 heavy (non-hydrogen) atoms. The van der Waals surface area contributed by atoms with Crippen LogP contribution in [0.25, 0.3) is 5.65 Å². The number of halogens is 1. The number of hydrogen-bond acceptors (Lipinski definition) is 7. The Balaban J connectivity index is 1.48. The Morgan fingerprint density at radius 3 is 2.83 bits per heavy atom. The summed E-state index contributed by atoms with van der Waals surface area (Å²) in [6.07, 6.45) is 6.15. The number of aryl methyl sites for hydroxylation is 1. The third-order valence-electron chi connectivity index (χ3n) is 5.91. The highest BCUT2D eigenvalue weighted by atomic mass is 19.1. The van der Waals surface area contributed by atoms with Gasteiger partial charge >= 0.3 is 0 Å². The number of aromatic nitrogens is 5. The van der Waals surface area contributed by atoms with E-state index in [-0.39, 0.29) is 24.4 Å². The van der Waals surface area contributed by atoms with E-state index in [1.807, 2.05) is 0 Å². The standard InChI is InChI=1S/C24H24FN7O4/c1-24(2,35)20(25)13-31-11-14-7-18(29-22(33)17-10-28-32-6-4-5-26-21(17)32)19(8-16(14)23(31)34)36-15-9-27-30(3)12-15/h4-10,12,20,35H,11,13H2,1-3H3,(H,29,33). The fraction of sp³-hybridized carbons (Fsp3) is 0.292. The van der Waals surface area contributed by atoms with Gasteiger partial charge in [0.05, 0.1) is 36.4 Å². The van der Waals surface area contributed by atoms with Crippen LogP contribution < -0.4 is 10.1 Å². The van der Waals surface area contributed by atoms with Crippen LogP contribution in [0.1, 0.15) is 40.1 Å². The van der Waals surface area contributed by atoms with E-state index in [0.29, 0.717) is 28.2 Å². The second-order valence-electron chi connectivity index (χ2n) is 9.16. The molecule has 186 valence electrons. The van der Waals surface area contributed by atoms with Crippen molar-refractivity contribution in [3.8, 4) is 11.5 Å². The molecule has 1 aliphatic heterocycles. The van der Waals surface area contributed by atoms with E-state index < -0.39 is 23.6 Å². The van der Waals surface area contributed by atoms with Crippen molar-refractivity contribution in [2.24, 2.45) is 7.05 Å². The lowest BCUT2D eigenvalue weighted by Crippen LogP contribution is -2.42. The average Bonchev–Trinajstić information content (AvgIpc) is 3.51. The number of rotatable bonds is 7. The maximum absolute atomic E-state index is 14.5. The van der Waals surface area contributed by atoms with Gasteiger partial charge in [-0.25, -0.2) is 13.9 Å². The molecule has 0 radical (unpaired) electrons. The summed E-state index contributed by atoms with van der Waals surface area (Å²) in [6.45, 7) is 2.56. The number of carbonyl (C=O) groups is 2. The van der Waals surface area contributed by atoms with Crippen molar-refractivity contribution in [1.29, 1.82) is 0 Å². The van der Waals surface area contributed by atoms with Crippen LogP contribution in [0, 0.1) is 0 Å². The number of nitrogens with zero attached hydrogens (tertiary/aromatic N) is 6. The molecule has 11 nitrogen and oxygen atoms in total. The van der Waals surface area contributed by atoms with Crippen molar-refractivity contribution >= 4 is 23.1 Å². The van der Waals surface area contributed by atoms with Gasteiger partial charge in [0.1, 0.15) is 11.7 Å². The van der Waals surface area contributed by atoms with Gasteiger partial charge in [-0.2, -0.15) is 10.2 Å². The quantitative estimate of drug-likeness (QED) is 0.405. The Labute approximate surface area is 205 Å². The van der Waals surface area contributed by atoms with E-state index in [1.54, 1.807) is 42.5 Å². The first-order chi connectivity index (χ1) is 17.1. The minimum Gasteiger partial charge on any atom is -0.452 e. The normalized spacial score (nSPS) is 14.2. The predicted octanol–water partition coefficient (Wildman–Crippen LogP) is 2.57. The minimum absolute atomic E-state index is 0.124. The molecule has 5 rings (SSSR count). The van der Waals surface area contributed by atoms with Crippen LogP contribution in [0.2, 0.25) is 0 Å². The van der Waals surface area contributed by atoms with E-state index in [2.05, 4.69) is 20.5 Å². The van der Waals surface area contributed by atoms with Gasteiger partial charge in [0.25, 0.3) is 11.8 Å². The van der Waals surface area contributed by atoms with Crippen LogP contribution in [-0.4, -0.2) is 64.5 Å². The number of anilines is 1. The molecule has 0 spiro atoms. The van der Waals surface area contributed by atoms with Gasteiger partial charge in [-0.3, -0.25) is 14.3 Å². The summed E-state index contributed by atoms with van der Waals surface area (Å²) >= 11 is 0. The van der Waals surface area contributed by atoms with E-state index in [9.17, 15) is 19.1 Å². The van der Waals surface area contributed by atoms with Gasteiger partial charge in [-0.15, -0.1) is 0 Å². The van der Waals surface area contributed by atoms with Gasteiger partial charge in [0.15, 0.2) is 17.1 Å². The number of amides is 2. The highest BCUT2D eigenvalue weighted by molar-refractivity contribution is 6.09. The first-order valence-corrected chi connectivity index (χ1v) is 11.2. The van der Waals surface area contributed by atoms with E-state index in [1.165, 1.54) is 41.7 Å². The van der Waals surface area contributed by atoms with Gasteiger partial charge < -0.3 is 20.1 Å². The Hall–Kier alpha value is -4.32. The minimum atomic E-state index is -1.64. The number of benzene rings is 1. The molecular weight excluding hydrogens is 469 g/mol. The summed E-state index contributed by atoms with van der Waals surface area (Å²) < 4.78 is 23.5. The predicted molar refractivity (Wildman–Crippen MR) is 127 cm³/mol. The SMILES string of the molecule is Cn1cc(Oc2cc3c(cc2NC(=O)c2cnn4cccnc24)CN(CC(F)C(C)(C)O)C3=O)cn1. The topological polar surface area (TPSA) is 127 Å². The first kappa shape index (κ1) is 23.4. The summed E-state index contributed by atoms with van der Waals surface area (Å²) in [5, 5.41) is 21.0. The van der Waals surface area contributed by atoms with E-state index >= 15 is 0 Å². The lowest BCUT2D eigenvalue weighted by atomic mass is 10.0. The van der Waals surface area contributed by atoms with Crippen LogP contribution in [-0.2, 0) is 13.6 Å². The molecule has 0 bridgehead atoms. The lowest BCUT2D eigenvalue weighted by Gasteiger charge is -2.26. The van der Waals surface area contributed by atoms with Crippen LogP contribution >= 0.6 is 0 Å². The summed E-state index contributed by atoms with van der Waals surface area (Å²) in [7, 11) is 1.73. The maximum Gasteiger partial charge on any atom is 0.261 e. The number of fused-ring (bicyclic) bond motifs is 2. The van der Waals surface area contributed by atoms with Crippen LogP contribution in [0.4, 0.5) is 10.1 Å². The Morgan fingerprint density at radius 1 is 1.31 bits per heavy atom. The lowest BCUT2D eigenvalue weighted by molar-refractivity contribution is -0.0159. The molecule has 12 heteroatoms.